The van der Waals surface area contributed by atoms with Crippen molar-refractivity contribution in [1.29, 1.82) is 0 Å². The predicted molar refractivity (Wildman–Crippen MR) is 77.3 cm³/mol. The summed E-state index contributed by atoms with van der Waals surface area (Å²) in [6.45, 7) is 8.21. The normalized spacial score (nSPS) is 25.9. The lowest BCUT2D eigenvalue weighted by Gasteiger charge is -2.29. The van der Waals surface area contributed by atoms with Gasteiger partial charge in [-0.2, -0.15) is 0 Å². The van der Waals surface area contributed by atoms with Gasteiger partial charge in [0.1, 0.15) is 0 Å². The van der Waals surface area contributed by atoms with E-state index in [1.165, 1.54) is 0 Å². The monoisotopic (exact) mass is 281 g/mol. The quantitative estimate of drug-likeness (QED) is 0.865. The summed E-state index contributed by atoms with van der Waals surface area (Å²) in [5.41, 5.74) is -0.566. The van der Waals surface area contributed by atoms with Crippen LogP contribution in [0.4, 0.5) is 0 Å². The van der Waals surface area contributed by atoms with Crippen LogP contribution in [0, 0.1) is 16.7 Å². The summed E-state index contributed by atoms with van der Waals surface area (Å²) in [5, 5.41) is 9.47. The maximum Gasteiger partial charge on any atom is 0.310 e. The second-order valence-electron chi connectivity index (χ2n) is 7.66. The molecule has 4 heteroatoms. The van der Waals surface area contributed by atoms with Crippen molar-refractivity contribution in [1.82, 2.24) is 4.90 Å². The number of amides is 1. The summed E-state index contributed by atoms with van der Waals surface area (Å²) in [6.07, 6.45) is 4.41. The number of rotatable bonds is 3. The van der Waals surface area contributed by atoms with E-state index in [-0.39, 0.29) is 17.7 Å². The Kier molecular flexibility index (Phi) is 4.12. The van der Waals surface area contributed by atoms with Crippen LogP contribution in [0.25, 0.3) is 0 Å². The molecule has 1 aliphatic heterocycles. The number of aliphatic carboxylic acids is 1. The smallest absolute Gasteiger partial charge is 0.310 e. The van der Waals surface area contributed by atoms with E-state index in [4.69, 9.17) is 0 Å². The molecular weight excluding hydrogens is 254 g/mol. The van der Waals surface area contributed by atoms with E-state index in [9.17, 15) is 14.7 Å². The summed E-state index contributed by atoms with van der Waals surface area (Å²) < 4.78 is 0. The summed E-state index contributed by atoms with van der Waals surface area (Å²) in [4.78, 5) is 25.9. The molecule has 0 aromatic heterocycles. The third-order valence-corrected chi connectivity index (χ3v) is 5.27. The van der Waals surface area contributed by atoms with E-state index in [2.05, 4.69) is 20.8 Å². The lowest BCUT2D eigenvalue weighted by Crippen LogP contribution is -2.38. The first-order chi connectivity index (χ1) is 9.24. The molecule has 1 saturated carbocycles. The molecule has 0 aromatic carbocycles. The van der Waals surface area contributed by atoms with Gasteiger partial charge in [-0.15, -0.1) is 0 Å². The standard InChI is InChI=1S/C16H27NO3/c1-15(2,3)12-6-9-17(11-12)13(18)10-16(14(19)20)7-4-5-8-16/h12H,4-11H2,1-3H3,(H,19,20). The minimum absolute atomic E-state index is 0.0426. The molecule has 2 aliphatic rings. The van der Waals surface area contributed by atoms with Crippen LogP contribution in [0.15, 0.2) is 0 Å². The maximum absolute atomic E-state index is 12.4. The molecule has 1 heterocycles. The SMILES string of the molecule is CC(C)(C)C1CCN(C(=O)CC2(C(=O)O)CCCC2)C1. The molecule has 4 nitrogen and oxygen atoms in total. The molecule has 1 saturated heterocycles. The highest BCUT2D eigenvalue weighted by molar-refractivity contribution is 5.85. The molecule has 0 aromatic rings. The lowest BCUT2D eigenvalue weighted by molar-refractivity contribution is -0.153. The zero-order valence-corrected chi connectivity index (χ0v) is 12.9. The van der Waals surface area contributed by atoms with Crippen LogP contribution in [0.1, 0.15) is 59.3 Å². The average Bonchev–Trinajstić information content (AvgIpc) is 2.96. The van der Waals surface area contributed by atoms with Crippen molar-refractivity contribution in [3.05, 3.63) is 0 Å². The summed E-state index contributed by atoms with van der Waals surface area (Å²) in [5.74, 6) is -0.216. The van der Waals surface area contributed by atoms with Crippen LogP contribution in [0.5, 0.6) is 0 Å². The van der Waals surface area contributed by atoms with Crippen LogP contribution in [0.2, 0.25) is 0 Å². The van der Waals surface area contributed by atoms with Crippen LogP contribution in [0.3, 0.4) is 0 Å². The fourth-order valence-corrected chi connectivity index (χ4v) is 3.61. The van der Waals surface area contributed by atoms with E-state index in [1.54, 1.807) is 0 Å². The molecule has 2 rings (SSSR count). The number of carbonyl (C=O) groups excluding carboxylic acids is 1. The highest BCUT2D eigenvalue weighted by Crippen LogP contribution is 2.42. The summed E-state index contributed by atoms with van der Waals surface area (Å²) >= 11 is 0. The number of likely N-dealkylation sites (tertiary alicyclic amines) is 1. The van der Waals surface area contributed by atoms with Crippen LogP contribution >= 0.6 is 0 Å². The minimum Gasteiger partial charge on any atom is -0.481 e. The van der Waals surface area contributed by atoms with E-state index in [0.717, 1.165) is 32.4 Å². The molecule has 114 valence electrons. The van der Waals surface area contributed by atoms with Crippen molar-refractivity contribution in [3.63, 3.8) is 0 Å². The largest absolute Gasteiger partial charge is 0.481 e. The summed E-state index contributed by atoms with van der Waals surface area (Å²) in [7, 11) is 0. The van der Waals surface area contributed by atoms with Gasteiger partial charge in [0, 0.05) is 19.5 Å². The third kappa shape index (κ3) is 2.99. The van der Waals surface area contributed by atoms with Crippen LogP contribution in [-0.2, 0) is 9.59 Å². The number of nitrogens with zero attached hydrogens (tertiary/aromatic N) is 1. The van der Waals surface area contributed by atoms with E-state index < -0.39 is 11.4 Å². The topological polar surface area (TPSA) is 57.6 Å². The van der Waals surface area contributed by atoms with Gasteiger partial charge in [-0.25, -0.2) is 0 Å². The Morgan fingerprint density at radius 2 is 1.85 bits per heavy atom. The third-order valence-electron chi connectivity index (χ3n) is 5.27. The first kappa shape index (κ1) is 15.3. The number of hydrogen-bond donors (Lipinski definition) is 1. The molecule has 0 spiro atoms. The van der Waals surface area contributed by atoms with Gasteiger partial charge in [-0.1, -0.05) is 33.6 Å². The average molecular weight is 281 g/mol. The zero-order valence-electron chi connectivity index (χ0n) is 12.9. The molecule has 1 unspecified atom stereocenters. The lowest BCUT2D eigenvalue weighted by atomic mass is 9.80. The number of carbonyl (C=O) groups is 2. The molecular formula is C16H27NO3. The van der Waals surface area contributed by atoms with Crippen molar-refractivity contribution >= 4 is 11.9 Å². The highest BCUT2D eigenvalue weighted by atomic mass is 16.4. The molecule has 1 aliphatic carbocycles. The second-order valence-corrected chi connectivity index (χ2v) is 7.66. The van der Waals surface area contributed by atoms with E-state index >= 15 is 0 Å². The van der Waals surface area contributed by atoms with E-state index in [1.807, 2.05) is 4.90 Å². The highest BCUT2D eigenvalue weighted by Gasteiger charge is 2.44. The molecule has 1 N–H and O–H groups in total. The number of carboxylic acids is 1. The van der Waals surface area contributed by atoms with Gasteiger partial charge in [-0.3, -0.25) is 9.59 Å². The van der Waals surface area contributed by atoms with Gasteiger partial charge in [0.2, 0.25) is 5.91 Å². The fraction of sp³-hybridized carbons (Fsp3) is 0.875. The van der Waals surface area contributed by atoms with Gasteiger partial charge in [0.05, 0.1) is 5.41 Å². The summed E-state index contributed by atoms with van der Waals surface area (Å²) in [6, 6.07) is 0. The zero-order chi connectivity index (χ0) is 15.0. The van der Waals surface area contributed by atoms with Crippen molar-refractivity contribution < 1.29 is 14.7 Å². The fourth-order valence-electron chi connectivity index (χ4n) is 3.61. The van der Waals surface area contributed by atoms with Crippen molar-refractivity contribution in [2.24, 2.45) is 16.7 Å². The number of hydrogen-bond acceptors (Lipinski definition) is 2. The molecule has 2 fully saturated rings. The Balaban J connectivity index is 1.97. The minimum atomic E-state index is -0.782. The Morgan fingerprint density at radius 1 is 1.25 bits per heavy atom. The first-order valence-electron chi connectivity index (χ1n) is 7.76. The van der Waals surface area contributed by atoms with Gasteiger partial charge < -0.3 is 10.0 Å². The Morgan fingerprint density at radius 3 is 2.30 bits per heavy atom. The predicted octanol–water partition coefficient (Wildman–Crippen LogP) is 2.92. The van der Waals surface area contributed by atoms with Crippen molar-refractivity contribution in [2.45, 2.75) is 59.3 Å². The van der Waals surface area contributed by atoms with Crippen molar-refractivity contribution in [3.8, 4) is 0 Å². The molecule has 0 bridgehead atoms. The Labute approximate surface area is 121 Å². The van der Waals surface area contributed by atoms with Crippen LogP contribution in [-0.4, -0.2) is 35.0 Å². The van der Waals surface area contributed by atoms with Gasteiger partial charge in [0.25, 0.3) is 0 Å². The van der Waals surface area contributed by atoms with Crippen molar-refractivity contribution in [2.75, 3.05) is 13.1 Å². The first-order valence-corrected chi connectivity index (χ1v) is 7.76. The molecule has 20 heavy (non-hydrogen) atoms. The second kappa shape index (κ2) is 5.38. The molecule has 0 radical (unpaired) electrons. The van der Waals surface area contributed by atoms with Gasteiger partial charge in [0.15, 0.2) is 0 Å². The van der Waals surface area contributed by atoms with E-state index in [0.29, 0.717) is 18.8 Å². The number of carboxylic acid groups (broad SMARTS) is 1. The molecule has 1 atom stereocenters. The van der Waals surface area contributed by atoms with Crippen LogP contribution < -0.4 is 0 Å². The van der Waals surface area contributed by atoms with Gasteiger partial charge in [-0.05, 0) is 30.6 Å². The Hall–Kier alpha value is -1.06. The maximum atomic E-state index is 12.4. The van der Waals surface area contributed by atoms with Gasteiger partial charge >= 0.3 is 5.97 Å². The Bertz CT molecular complexity index is 391. The molecule has 1 amide bonds.